The van der Waals surface area contributed by atoms with E-state index in [1.165, 1.54) is 17.0 Å². The fraction of sp³-hybridized carbons (Fsp3) is 0.435. The minimum Gasteiger partial charge on any atom is -0.338 e. The van der Waals surface area contributed by atoms with E-state index in [1.54, 1.807) is 17.2 Å². The molecule has 8 heteroatoms. The summed E-state index contributed by atoms with van der Waals surface area (Å²) in [6.07, 6.45) is 7.33. The van der Waals surface area contributed by atoms with Crippen LogP contribution in [0.4, 0.5) is 8.78 Å². The molecule has 0 unspecified atom stereocenters. The number of carbonyl (C=O) groups excluding carboxylic acids is 1. The normalized spacial score (nSPS) is 17.8. The topological polar surface area (TPSA) is 50.5 Å². The summed E-state index contributed by atoms with van der Waals surface area (Å²) in [5, 5.41) is 4.32. The Morgan fingerprint density at radius 3 is 2.65 bits per heavy atom. The highest BCUT2D eigenvalue weighted by Gasteiger charge is 2.34. The first-order valence-electron chi connectivity index (χ1n) is 10.7. The summed E-state index contributed by atoms with van der Waals surface area (Å²) in [6.45, 7) is 0.365. The lowest BCUT2D eigenvalue weighted by atomic mass is 9.83. The summed E-state index contributed by atoms with van der Waals surface area (Å²) in [5.41, 5.74) is 2.77. The maximum atomic E-state index is 14.9. The van der Waals surface area contributed by atoms with Crippen molar-refractivity contribution in [1.82, 2.24) is 19.5 Å². The molecule has 1 aliphatic carbocycles. The molecule has 2 aromatic heterocycles. The van der Waals surface area contributed by atoms with Crippen molar-refractivity contribution in [3.8, 4) is 11.3 Å². The lowest BCUT2D eigenvalue weighted by Gasteiger charge is -2.37. The number of benzene rings is 1. The fourth-order valence-electron chi connectivity index (χ4n) is 4.67. The molecular formula is C23H23BrF2N4O. The van der Waals surface area contributed by atoms with Crippen LogP contribution in [0.5, 0.6) is 0 Å². The van der Waals surface area contributed by atoms with Crippen LogP contribution in [0.2, 0.25) is 0 Å². The zero-order valence-corrected chi connectivity index (χ0v) is 18.6. The van der Waals surface area contributed by atoms with Gasteiger partial charge in [-0.3, -0.25) is 9.18 Å². The van der Waals surface area contributed by atoms with E-state index >= 15 is 0 Å². The molecule has 0 radical (unpaired) electrons. The van der Waals surface area contributed by atoms with E-state index in [9.17, 15) is 13.6 Å². The smallest absolute Gasteiger partial charge is 0.260 e. The Balaban J connectivity index is 1.47. The van der Waals surface area contributed by atoms with Crippen molar-refractivity contribution in [3.05, 3.63) is 52.0 Å². The van der Waals surface area contributed by atoms with Crippen LogP contribution in [0, 0.1) is 11.7 Å². The molecule has 2 fully saturated rings. The van der Waals surface area contributed by atoms with Crippen LogP contribution in [0.25, 0.3) is 16.9 Å². The number of rotatable bonds is 4. The molecule has 1 saturated heterocycles. The highest BCUT2D eigenvalue weighted by atomic mass is 79.9. The molecule has 5 nitrogen and oxygen atoms in total. The lowest BCUT2D eigenvalue weighted by Crippen LogP contribution is -2.50. The van der Waals surface area contributed by atoms with Crippen LogP contribution in [0.15, 0.2) is 35.1 Å². The largest absolute Gasteiger partial charge is 0.338 e. The molecular weight excluding hydrogens is 466 g/mol. The van der Waals surface area contributed by atoms with Crippen LogP contribution in [-0.4, -0.2) is 45.2 Å². The third-order valence-corrected chi connectivity index (χ3v) is 7.02. The van der Waals surface area contributed by atoms with E-state index in [0.717, 1.165) is 31.2 Å². The number of aromatic nitrogens is 3. The van der Waals surface area contributed by atoms with Gasteiger partial charge in [-0.25, -0.2) is 13.9 Å². The third-order valence-electron chi connectivity index (χ3n) is 6.46. The van der Waals surface area contributed by atoms with Crippen molar-refractivity contribution in [3.63, 3.8) is 0 Å². The molecule has 1 amide bonds. The summed E-state index contributed by atoms with van der Waals surface area (Å²) < 4.78 is 29.6. The molecule has 5 rings (SSSR count). The predicted molar refractivity (Wildman–Crippen MR) is 117 cm³/mol. The summed E-state index contributed by atoms with van der Waals surface area (Å²) in [4.78, 5) is 19.2. The zero-order valence-electron chi connectivity index (χ0n) is 17.0. The van der Waals surface area contributed by atoms with Gasteiger partial charge in [0.15, 0.2) is 5.65 Å². The van der Waals surface area contributed by atoms with E-state index in [2.05, 4.69) is 26.0 Å². The Morgan fingerprint density at radius 1 is 1.16 bits per heavy atom. The van der Waals surface area contributed by atoms with Gasteiger partial charge in [0.1, 0.15) is 16.0 Å². The highest BCUT2D eigenvalue weighted by molar-refractivity contribution is 9.10. The average Bonchev–Trinajstić information content (AvgIpc) is 3.08. The van der Waals surface area contributed by atoms with Crippen LogP contribution >= 0.6 is 15.9 Å². The Kier molecular flexibility index (Phi) is 5.50. The molecule has 162 valence electrons. The van der Waals surface area contributed by atoms with Gasteiger partial charge in [0, 0.05) is 30.8 Å². The second-order valence-electron chi connectivity index (χ2n) is 8.55. The highest BCUT2D eigenvalue weighted by Crippen LogP contribution is 2.35. The number of alkyl halides is 1. The van der Waals surface area contributed by atoms with E-state index in [1.807, 2.05) is 12.1 Å². The first kappa shape index (κ1) is 20.5. The Bertz CT molecular complexity index is 1140. The van der Waals surface area contributed by atoms with E-state index < -0.39 is 6.67 Å². The number of amides is 1. The second-order valence-corrected chi connectivity index (χ2v) is 9.30. The molecule has 0 bridgehead atoms. The number of likely N-dealkylation sites (tertiary alicyclic amines) is 1. The van der Waals surface area contributed by atoms with Crippen molar-refractivity contribution in [1.29, 1.82) is 0 Å². The van der Waals surface area contributed by atoms with Crippen molar-refractivity contribution in [2.75, 3.05) is 19.8 Å². The number of hydrogen-bond acceptors (Lipinski definition) is 3. The SMILES string of the molecule is O=C(c1c(Br)nn2ccc(-c3ccc(C4CCCCC4)c(F)c3)nc12)N1CC(CF)C1. The molecule has 3 heterocycles. The van der Waals surface area contributed by atoms with Crippen LogP contribution in [0.3, 0.4) is 0 Å². The summed E-state index contributed by atoms with van der Waals surface area (Å²) in [6, 6.07) is 7.08. The van der Waals surface area contributed by atoms with E-state index in [-0.39, 0.29) is 23.6 Å². The van der Waals surface area contributed by atoms with Gasteiger partial charge in [-0.05, 0) is 52.4 Å². The second kappa shape index (κ2) is 8.30. The summed E-state index contributed by atoms with van der Waals surface area (Å²) in [7, 11) is 0. The molecule has 3 aromatic rings. The van der Waals surface area contributed by atoms with Gasteiger partial charge in [-0.15, -0.1) is 0 Å². The molecule has 31 heavy (non-hydrogen) atoms. The van der Waals surface area contributed by atoms with Crippen molar-refractivity contribution in [2.45, 2.75) is 38.0 Å². The molecule has 1 aliphatic heterocycles. The van der Waals surface area contributed by atoms with Gasteiger partial charge in [0.2, 0.25) is 0 Å². The monoisotopic (exact) mass is 488 g/mol. The molecule has 1 aromatic carbocycles. The van der Waals surface area contributed by atoms with Crippen LogP contribution in [0.1, 0.15) is 53.9 Å². The minimum absolute atomic E-state index is 0.0984. The van der Waals surface area contributed by atoms with Crippen molar-refractivity contribution < 1.29 is 13.6 Å². The van der Waals surface area contributed by atoms with Gasteiger partial charge >= 0.3 is 0 Å². The van der Waals surface area contributed by atoms with Gasteiger partial charge in [0.05, 0.1) is 12.4 Å². The van der Waals surface area contributed by atoms with Gasteiger partial charge in [-0.1, -0.05) is 31.4 Å². The van der Waals surface area contributed by atoms with Gasteiger partial charge < -0.3 is 4.90 Å². The number of hydrogen-bond donors (Lipinski definition) is 0. The standard InChI is InChI=1S/C23H23BrF2N4O/c24-21-20(23(31)29-12-14(11-25)13-29)22-27-19(8-9-30(22)28-21)16-6-7-17(18(26)10-16)15-4-2-1-3-5-15/h6-10,14-15H,1-5,11-13H2. The van der Waals surface area contributed by atoms with E-state index in [4.69, 9.17) is 0 Å². The fourth-order valence-corrected chi connectivity index (χ4v) is 5.19. The maximum Gasteiger partial charge on any atom is 0.260 e. The Morgan fingerprint density at radius 2 is 1.94 bits per heavy atom. The lowest BCUT2D eigenvalue weighted by molar-refractivity contribution is 0.0453. The average molecular weight is 489 g/mol. The first-order chi connectivity index (χ1) is 15.0. The molecule has 0 spiro atoms. The number of carbonyl (C=O) groups is 1. The number of nitrogens with zero attached hydrogens (tertiary/aromatic N) is 4. The van der Waals surface area contributed by atoms with Crippen molar-refractivity contribution >= 4 is 27.5 Å². The quantitative estimate of drug-likeness (QED) is 0.494. The van der Waals surface area contributed by atoms with Gasteiger partial charge in [0.25, 0.3) is 5.91 Å². The number of fused-ring (bicyclic) bond motifs is 1. The third kappa shape index (κ3) is 3.75. The molecule has 2 aliphatic rings. The van der Waals surface area contributed by atoms with Crippen LogP contribution < -0.4 is 0 Å². The predicted octanol–water partition coefficient (Wildman–Crippen LogP) is 5.39. The van der Waals surface area contributed by atoms with Crippen molar-refractivity contribution in [2.24, 2.45) is 5.92 Å². The number of halogens is 3. The first-order valence-corrected chi connectivity index (χ1v) is 11.5. The molecule has 1 saturated carbocycles. The zero-order chi connectivity index (χ0) is 21.5. The molecule has 0 N–H and O–H groups in total. The van der Waals surface area contributed by atoms with Crippen LogP contribution in [-0.2, 0) is 0 Å². The van der Waals surface area contributed by atoms with E-state index in [0.29, 0.717) is 40.2 Å². The van der Waals surface area contributed by atoms with Gasteiger partial charge in [-0.2, -0.15) is 5.10 Å². The Hall–Kier alpha value is -2.35. The maximum absolute atomic E-state index is 14.9. The minimum atomic E-state index is -0.426. The summed E-state index contributed by atoms with van der Waals surface area (Å²) >= 11 is 3.36. The Labute approximate surface area is 187 Å². The summed E-state index contributed by atoms with van der Waals surface area (Å²) in [5.74, 6) is -0.235. The molecule has 0 atom stereocenters.